The first kappa shape index (κ1) is 15.8. The first-order valence-electron chi connectivity index (χ1n) is 7.57. The summed E-state index contributed by atoms with van der Waals surface area (Å²) in [4.78, 5) is 11.6. The van der Waals surface area contributed by atoms with E-state index in [1.54, 1.807) is 0 Å². The summed E-state index contributed by atoms with van der Waals surface area (Å²) < 4.78 is 6.02. The van der Waals surface area contributed by atoms with Gasteiger partial charge >= 0.3 is 5.97 Å². The Hall–Kier alpha value is -1.55. The fourth-order valence-corrected chi connectivity index (χ4v) is 3.23. The second kappa shape index (κ2) is 6.06. The molecule has 1 fully saturated rings. The number of nitrogens with one attached hydrogen (secondary N) is 1. The van der Waals surface area contributed by atoms with Crippen molar-refractivity contribution in [1.29, 1.82) is 0 Å². The fraction of sp³-hybridized carbons (Fsp3) is 0.588. The predicted octanol–water partition coefficient (Wildman–Crippen LogP) is 3.06. The molecule has 4 nitrogen and oxygen atoms in total. The Labute approximate surface area is 126 Å². The van der Waals surface area contributed by atoms with Crippen molar-refractivity contribution < 1.29 is 14.6 Å². The molecular weight excluding hydrogens is 266 g/mol. The zero-order valence-corrected chi connectivity index (χ0v) is 13.3. The number of aryl methyl sites for hydroxylation is 2. The fourth-order valence-electron chi connectivity index (χ4n) is 3.23. The zero-order valence-electron chi connectivity index (χ0n) is 13.3. The number of aliphatic carboxylic acids is 1. The van der Waals surface area contributed by atoms with Crippen LogP contribution in [0.3, 0.4) is 0 Å². The molecule has 21 heavy (non-hydrogen) atoms. The highest BCUT2D eigenvalue weighted by Crippen LogP contribution is 2.34. The minimum atomic E-state index is -0.850. The van der Waals surface area contributed by atoms with Crippen molar-refractivity contribution in [2.45, 2.75) is 64.6 Å². The van der Waals surface area contributed by atoms with Crippen molar-refractivity contribution in [2.24, 2.45) is 0 Å². The summed E-state index contributed by atoms with van der Waals surface area (Å²) in [6, 6.07) is 6.25. The van der Waals surface area contributed by atoms with E-state index in [-0.39, 0.29) is 12.1 Å². The van der Waals surface area contributed by atoms with Crippen molar-refractivity contribution in [2.75, 3.05) is 0 Å². The molecule has 0 spiro atoms. The Morgan fingerprint density at radius 3 is 2.48 bits per heavy atom. The number of carboxylic acids is 1. The molecular formula is C17H25NO3. The molecule has 2 rings (SSSR count). The van der Waals surface area contributed by atoms with E-state index in [1.165, 1.54) is 0 Å². The van der Waals surface area contributed by atoms with E-state index in [9.17, 15) is 9.90 Å². The molecule has 2 unspecified atom stereocenters. The molecule has 1 aliphatic carbocycles. The number of carbonyl (C=O) groups is 1. The summed E-state index contributed by atoms with van der Waals surface area (Å²) in [5.74, 6) is 0.0611. The normalized spacial score (nSPS) is 25.3. The molecule has 116 valence electrons. The third-order valence-corrected chi connectivity index (χ3v) is 3.94. The second-order valence-electron chi connectivity index (χ2n) is 6.49. The highest BCUT2D eigenvalue weighted by Gasteiger charge is 2.46. The molecule has 1 aromatic carbocycles. The van der Waals surface area contributed by atoms with Crippen LogP contribution in [0, 0.1) is 13.8 Å². The summed E-state index contributed by atoms with van der Waals surface area (Å²) in [5.41, 5.74) is 1.47. The van der Waals surface area contributed by atoms with Crippen LogP contribution in [-0.4, -0.2) is 28.8 Å². The Bertz CT molecular complexity index is 507. The largest absolute Gasteiger partial charge is 0.490 e. The monoisotopic (exact) mass is 291 g/mol. The topological polar surface area (TPSA) is 58.6 Å². The summed E-state index contributed by atoms with van der Waals surface area (Å²) >= 11 is 0. The molecule has 2 N–H and O–H groups in total. The van der Waals surface area contributed by atoms with Gasteiger partial charge in [-0.2, -0.15) is 0 Å². The first-order valence-corrected chi connectivity index (χ1v) is 7.57. The molecule has 1 aliphatic rings. The van der Waals surface area contributed by atoms with Gasteiger partial charge in [-0.15, -0.1) is 0 Å². The smallest absolute Gasteiger partial charge is 0.324 e. The van der Waals surface area contributed by atoms with Gasteiger partial charge in [-0.25, -0.2) is 0 Å². The lowest BCUT2D eigenvalue weighted by Gasteiger charge is -2.28. The number of carboxylic acid groups (broad SMARTS) is 1. The van der Waals surface area contributed by atoms with E-state index >= 15 is 0 Å². The Balaban J connectivity index is 2.08. The molecule has 0 aliphatic heterocycles. The molecule has 0 bridgehead atoms. The highest BCUT2D eigenvalue weighted by molar-refractivity contribution is 5.79. The van der Waals surface area contributed by atoms with Gasteiger partial charge in [0.25, 0.3) is 0 Å². The number of benzene rings is 1. The molecule has 0 amide bonds. The van der Waals surface area contributed by atoms with Crippen LogP contribution >= 0.6 is 0 Å². The van der Waals surface area contributed by atoms with E-state index in [4.69, 9.17) is 4.74 Å². The molecule has 0 saturated heterocycles. The maximum absolute atomic E-state index is 11.6. The van der Waals surface area contributed by atoms with Gasteiger partial charge in [0.05, 0.1) is 0 Å². The Morgan fingerprint density at radius 1 is 1.33 bits per heavy atom. The quantitative estimate of drug-likeness (QED) is 0.875. The summed E-state index contributed by atoms with van der Waals surface area (Å²) in [5, 5.41) is 12.8. The lowest BCUT2D eigenvalue weighted by Crippen LogP contribution is -2.53. The zero-order chi connectivity index (χ0) is 15.6. The molecule has 0 radical (unpaired) electrons. The van der Waals surface area contributed by atoms with Crippen LogP contribution in [0.2, 0.25) is 0 Å². The lowest BCUT2D eigenvalue weighted by molar-refractivity contribution is -0.145. The molecule has 4 heteroatoms. The molecule has 2 atom stereocenters. The van der Waals surface area contributed by atoms with Gasteiger partial charge in [0.2, 0.25) is 0 Å². The van der Waals surface area contributed by atoms with E-state index in [2.05, 4.69) is 11.4 Å². The van der Waals surface area contributed by atoms with Crippen LogP contribution in [0.4, 0.5) is 0 Å². The van der Waals surface area contributed by atoms with Crippen LogP contribution in [-0.2, 0) is 4.79 Å². The van der Waals surface area contributed by atoms with Gasteiger partial charge in [0, 0.05) is 12.5 Å². The summed E-state index contributed by atoms with van der Waals surface area (Å²) in [6.45, 7) is 8.03. The second-order valence-corrected chi connectivity index (χ2v) is 6.49. The number of hydrogen-bond acceptors (Lipinski definition) is 3. The Morgan fingerprint density at radius 2 is 1.95 bits per heavy atom. The number of ether oxygens (including phenoxy) is 1. The van der Waals surface area contributed by atoms with Crippen molar-refractivity contribution in [1.82, 2.24) is 5.32 Å². The minimum absolute atomic E-state index is 0.0476. The van der Waals surface area contributed by atoms with Crippen molar-refractivity contribution in [3.8, 4) is 5.75 Å². The average Bonchev–Trinajstić information content (AvgIpc) is 2.71. The van der Waals surface area contributed by atoms with Gasteiger partial charge in [-0.3, -0.25) is 10.1 Å². The molecule has 0 aromatic heterocycles. The van der Waals surface area contributed by atoms with Crippen LogP contribution in [0.1, 0.15) is 44.2 Å². The minimum Gasteiger partial charge on any atom is -0.490 e. The van der Waals surface area contributed by atoms with Crippen molar-refractivity contribution in [3.05, 3.63) is 29.3 Å². The van der Waals surface area contributed by atoms with E-state index in [1.807, 2.05) is 39.8 Å². The SMILES string of the molecule is Cc1cc(C)cc(OC2CCC(NC(C)C)(C(=O)O)C2)c1. The first-order chi connectivity index (χ1) is 9.80. The van der Waals surface area contributed by atoms with Crippen LogP contribution in [0.15, 0.2) is 18.2 Å². The molecule has 0 heterocycles. The van der Waals surface area contributed by atoms with Crippen molar-refractivity contribution in [3.63, 3.8) is 0 Å². The van der Waals surface area contributed by atoms with Gasteiger partial charge < -0.3 is 9.84 Å². The van der Waals surface area contributed by atoms with E-state index in [0.717, 1.165) is 23.3 Å². The van der Waals surface area contributed by atoms with Crippen LogP contribution < -0.4 is 10.1 Å². The number of hydrogen-bond donors (Lipinski definition) is 2. The van der Waals surface area contributed by atoms with E-state index < -0.39 is 11.5 Å². The molecule has 1 aromatic rings. The van der Waals surface area contributed by atoms with Crippen molar-refractivity contribution >= 4 is 5.97 Å². The standard InChI is InChI=1S/C17H25NO3/c1-11(2)18-17(16(19)20)6-5-14(10-17)21-15-8-12(3)7-13(4)9-15/h7-9,11,14,18H,5-6,10H2,1-4H3,(H,19,20). The molecule has 1 saturated carbocycles. The summed E-state index contributed by atoms with van der Waals surface area (Å²) in [6.07, 6.45) is 1.83. The van der Waals surface area contributed by atoms with Gasteiger partial charge in [-0.1, -0.05) is 6.07 Å². The third kappa shape index (κ3) is 3.76. The lowest BCUT2D eigenvalue weighted by atomic mass is 9.96. The summed E-state index contributed by atoms with van der Waals surface area (Å²) in [7, 11) is 0. The maximum atomic E-state index is 11.6. The Kier molecular flexibility index (Phi) is 4.57. The number of rotatable bonds is 5. The van der Waals surface area contributed by atoms with Crippen LogP contribution in [0.5, 0.6) is 5.75 Å². The average molecular weight is 291 g/mol. The van der Waals surface area contributed by atoms with Gasteiger partial charge in [-0.05, 0) is 63.8 Å². The van der Waals surface area contributed by atoms with E-state index in [0.29, 0.717) is 12.8 Å². The highest BCUT2D eigenvalue weighted by atomic mass is 16.5. The van der Waals surface area contributed by atoms with Gasteiger partial charge in [0.1, 0.15) is 17.4 Å². The maximum Gasteiger partial charge on any atom is 0.324 e. The van der Waals surface area contributed by atoms with Gasteiger partial charge in [0.15, 0.2) is 0 Å². The van der Waals surface area contributed by atoms with Crippen LogP contribution in [0.25, 0.3) is 0 Å². The predicted molar refractivity (Wildman–Crippen MR) is 82.8 cm³/mol. The third-order valence-electron chi connectivity index (χ3n) is 3.94.